The van der Waals surface area contributed by atoms with E-state index in [9.17, 15) is 9.59 Å². The van der Waals surface area contributed by atoms with Crippen molar-refractivity contribution in [3.63, 3.8) is 0 Å². The first-order valence-electron chi connectivity index (χ1n) is 9.19. The molecule has 0 bridgehead atoms. The average Bonchev–Trinajstić information content (AvgIpc) is 3.19. The quantitative estimate of drug-likeness (QED) is 0.658. The van der Waals surface area contributed by atoms with E-state index in [0.29, 0.717) is 22.9 Å². The van der Waals surface area contributed by atoms with Crippen molar-refractivity contribution >= 4 is 23.5 Å². The van der Waals surface area contributed by atoms with Gasteiger partial charge in [-0.1, -0.05) is 25.9 Å². The molecule has 0 fully saturated rings. The molecular formula is C21H23N5O4. The SMILES string of the molecule is CN(C(=O)c1ccnc(Oc2ccc(NC(N)=O)cc2)c1)c1cc(C(C)(C)C)no1. The van der Waals surface area contributed by atoms with Crippen molar-refractivity contribution in [1.82, 2.24) is 10.1 Å². The molecule has 0 aliphatic heterocycles. The number of nitrogens with two attached hydrogens (primary N) is 1. The molecule has 3 rings (SSSR count). The van der Waals surface area contributed by atoms with Crippen LogP contribution in [0.1, 0.15) is 36.8 Å². The highest BCUT2D eigenvalue weighted by Crippen LogP contribution is 2.27. The number of urea groups is 1. The highest BCUT2D eigenvalue weighted by Gasteiger charge is 2.23. The van der Waals surface area contributed by atoms with Crippen LogP contribution >= 0.6 is 0 Å². The molecule has 0 saturated heterocycles. The van der Waals surface area contributed by atoms with Gasteiger partial charge in [0.05, 0.1) is 5.69 Å². The number of primary amides is 1. The van der Waals surface area contributed by atoms with Gasteiger partial charge >= 0.3 is 6.03 Å². The second kappa shape index (κ2) is 8.24. The van der Waals surface area contributed by atoms with Crippen molar-refractivity contribution < 1.29 is 18.8 Å². The monoisotopic (exact) mass is 409 g/mol. The normalized spacial score (nSPS) is 11.1. The number of nitrogens with zero attached hydrogens (tertiary/aromatic N) is 3. The molecule has 2 aromatic heterocycles. The van der Waals surface area contributed by atoms with E-state index in [0.717, 1.165) is 5.69 Å². The lowest BCUT2D eigenvalue weighted by atomic mass is 9.92. The average molecular weight is 409 g/mol. The Bertz CT molecular complexity index is 1050. The number of hydrogen-bond acceptors (Lipinski definition) is 6. The zero-order valence-electron chi connectivity index (χ0n) is 17.2. The molecule has 3 N–H and O–H groups in total. The lowest BCUT2D eigenvalue weighted by Crippen LogP contribution is -2.25. The van der Waals surface area contributed by atoms with E-state index in [-0.39, 0.29) is 17.2 Å². The highest BCUT2D eigenvalue weighted by molar-refractivity contribution is 6.05. The van der Waals surface area contributed by atoms with Crippen LogP contribution in [0.3, 0.4) is 0 Å². The van der Waals surface area contributed by atoms with Crippen LogP contribution in [-0.2, 0) is 5.41 Å². The highest BCUT2D eigenvalue weighted by atomic mass is 16.5. The van der Waals surface area contributed by atoms with Gasteiger partial charge in [0.15, 0.2) is 0 Å². The van der Waals surface area contributed by atoms with Gasteiger partial charge in [-0.15, -0.1) is 0 Å². The van der Waals surface area contributed by atoms with Crippen molar-refractivity contribution in [1.29, 1.82) is 0 Å². The van der Waals surface area contributed by atoms with E-state index in [1.165, 1.54) is 17.2 Å². The predicted molar refractivity (Wildman–Crippen MR) is 112 cm³/mol. The number of nitrogens with one attached hydrogen (secondary N) is 1. The fourth-order valence-electron chi connectivity index (χ4n) is 2.54. The molecule has 3 aromatic rings. The molecule has 3 amide bonds. The zero-order valence-corrected chi connectivity index (χ0v) is 17.2. The van der Waals surface area contributed by atoms with Crippen LogP contribution in [0.15, 0.2) is 53.2 Å². The van der Waals surface area contributed by atoms with E-state index in [1.807, 2.05) is 20.8 Å². The summed E-state index contributed by atoms with van der Waals surface area (Å²) in [6.07, 6.45) is 1.49. The minimum absolute atomic E-state index is 0.189. The maximum Gasteiger partial charge on any atom is 0.316 e. The first-order valence-corrected chi connectivity index (χ1v) is 9.19. The number of pyridine rings is 1. The molecule has 0 spiro atoms. The molecule has 30 heavy (non-hydrogen) atoms. The van der Waals surface area contributed by atoms with E-state index in [1.54, 1.807) is 43.4 Å². The van der Waals surface area contributed by atoms with Gasteiger partial charge in [0, 0.05) is 42.0 Å². The fraction of sp³-hybridized carbons (Fsp3) is 0.238. The van der Waals surface area contributed by atoms with Crippen LogP contribution in [0.4, 0.5) is 16.4 Å². The summed E-state index contributed by atoms with van der Waals surface area (Å²) in [5, 5.41) is 6.51. The number of benzene rings is 1. The molecule has 0 atom stereocenters. The number of rotatable bonds is 5. The number of aromatic nitrogens is 2. The topological polar surface area (TPSA) is 124 Å². The minimum Gasteiger partial charge on any atom is -0.439 e. The van der Waals surface area contributed by atoms with E-state index in [4.69, 9.17) is 15.0 Å². The van der Waals surface area contributed by atoms with Crippen LogP contribution < -0.4 is 20.7 Å². The Morgan fingerprint density at radius 1 is 1.13 bits per heavy atom. The molecule has 0 unspecified atom stereocenters. The summed E-state index contributed by atoms with van der Waals surface area (Å²) in [5.74, 6) is 0.792. The Balaban J connectivity index is 1.73. The second-order valence-corrected chi connectivity index (χ2v) is 7.66. The van der Waals surface area contributed by atoms with E-state index >= 15 is 0 Å². The van der Waals surface area contributed by atoms with Crippen molar-refractivity contribution in [2.24, 2.45) is 5.73 Å². The molecule has 0 radical (unpaired) electrons. The third kappa shape index (κ3) is 4.93. The second-order valence-electron chi connectivity index (χ2n) is 7.66. The molecule has 2 heterocycles. The Morgan fingerprint density at radius 2 is 1.83 bits per heavy atom. The Kier molecular flexibility index (Phi) is 5.72. The third-order valence-electron chi connectivity index (χ3n) is 4.23. The van der Waals surface area contributed by atoms with Crippen LogP contribution in [0.25, 0.3) is 0 Å². The minimum atomic E-state index is -0.651. The number of carbonyl (C=O) groups is 2. The molecule has 0 aliphatic rings. The maximum absolute atomic E-state index is 12.9. The molecule has 1 aromatic carbocycles. The summed E-state index contributed by atoms with van der Waals surface area (Å²) in [5.41, 5.74) is 6.56. The van der Waals surface area contributed by atoms with Gasteiger partial charge in [-0.3, -0.25) is 9.69 Å². The van der Waals surface area contributed by atoms with Crippen molar-refractivity contribution in [3.05, 3.63) is 59.9 Å². The summed E-state index contributed by atoms with van der Waals surface area (Å²) < 4.78 is 11.0. The van der Waals surface area contributed by atoms with Crippen molar-refractivity contribution in [2.75, 3.05) is 17.3 Å². The standard InChI is InChI=1S/C21H23N5O4/c1-21(2,3)16-12-18(30-25-16)26(4)19(27)13-9-10-23-17(11-13)29-15-7-5-14(6-8-15)24-20(22)28/h5-12H,1-4H3,(H3,22,24,28). The summed E-state index contributed by atoms with van der Waals surface area (Å²) >= 11 is 0. The van der Waals surface area contributed by atoms with Crippen LogP contribution in [0, 0.1) is 0 Å². The summed E-state index contributed by atoms with van der Waals surface area (Å²) in [4.78, 5) is 29.3. The van der Waals surface area contributed by atoms with Gasteiger partial charge in [0.1, 0.15) is 5.75 Å². The first kappa shape index (κ1) is 20.8. The molecule has 9 nitrogen and oxygen atoms in total. The largest absolute Gasteiger partial charge is 0.439 e. The van der Waals surface area contributed by atoms with Gasteiger partial charge in [0.2, 0.25) is 11.8 Å². The van der Waals surface area contributed by atoms with Crippen LogP contribution in [-0.4, -0.2) is 29.1 Å². The molecule has 156 valence electrons. The lowest BCUT2D eigenvalue weighted by Gasteiger charge is -2.14. The Labute approximate surface area is 173 Å². The van der Waals surface area contributed by atoms with Gasteiger partial charge in [-0.2, -0.15) is 0 Å². The number of hydrogen-bond donors (Lipinski definition) is 2. The maximum atomic E-state index is 12.9. The molecule has 0 aliphatic carbocycles. The zero-order chi connectivity index (χ0) is 21.9. The first-order chi connectivity index (χ1) is 14.1. The molecule has 0 saturated carbocycles. The van der Waals surface area contributed by atoms with Crippen molar-refractivity contribution in [3.8, 4) is 11.6 Å². The smallest absolute Gasteiger partial charge is 0.316 e. The number of amides is 3. The van der Waals surface area contributed by atoms with Gasteiger partial charge < -0.3 is 20.3 Å². The number of carbonyl (C=O) groups excluding carboxylic acids is 2. The summed E-state index contributed by atoms with van der Waals surface area (Å²) in [6, 6.07) is 10.8. The summed E-state index contributed by atoms with van der Waals surface area (Å²) in [6.45, 7) is 6.04. The van der Waals surface area contributed by atoms with Crippen LogP contribution in [0.2, 0.25) is 0 Å². The predicted octanol–water partition coefficient (Wildman–Crippen LogP) is 3.93. The van der Waals surface area contributed by atoms with Gasteiger partial charge in [0.25, 0.3) is 5.91 Å². The van der Waals surface area contributed by atoms with Crippen molar-refractivity contribution in [2.45, 2.75) is 26.2 Å². The lowest BCUT2D eigenvalue weighted by molar-refractivity contribution is 0.0987. The Morgan fingerprint density at radius 3 is 2.43 bits per heavy atom. The van der Waals surface area contributed by atoms with E-state index in [2.05, 4.69) is 15.5 Å². The fourth-order valence-corrected chi connectivity index (χ4v) is 2.54. The van der Waals surface area contributed by atoms with E-state index < -0.39 is 6.03 Å². The van der Waals surface area contributed by atoms with Gasteiger partial charge in [-0.05, 0) is 30.3 Å². The molecule has 9 heteroatoms. The number of ether oxygens (including phenoxy) is 1. The van der Waals surface area contributed by atoms with Crippen LogP contribution in [0.5, 0.6) is 11.6 Å². The summed E-state index contributed by atoms with van der Waals surface area (Å²) in [7, 11) is 1.61. The molecular weight excluding hydrogens is 386 g/mol. The third-order valence-corrected chi connectivity index (χ3v) is 4.23. The number of anilines is 2. The van der Waals surface area contributed by atoms with Gasteiger partial charge in [-0.25, -0.2) is 9.78 Å². The Hall–Kier alpha value is -3.88.